The van der Waals surface area contributed by atoms with Gasteiger partial charge in [-0.2, -0.15) is 0 Å². The highest BCUT2D eigenvalue weighted by Crippen LogP contribution is 2.31. The molecule has 0 spiro atoms. The van der Waals surface area contributed by atoms with E-state index in [1.54, 1.807) is 6.92 Å². The lowest BCUT2D eigenvalue weighted by molar-refractivity contribution is -0.250. The maximum Gasteiger partial charge on any atom is 0.407 e. The van der Waals surface area contributed by atoms with Crippen molar-refractivity contribution >= 4 is 6.09 Å². The van der Waals surface area contributed by atoms with E-state index in [4.69, 9.17) is 25.3 Å². The third-order valence-electron chi connectivity index (χ3n) is 6.02. The number of azide groups is 2. The summed E-state index contributed by atoms with van der Waals surface area (Å²) in [5, 5.41) is 30.7. The summed E-state index contributed by atoms with van der Waals surface area (Å²) >= 11 is 0. The smallest absolute Gasteiger partial charge is 0.407 e. The van der Waals surface area contributed by atoms with Crippen molar-refractivity contribution in [3.8, 4) is 0 Å². The summed E-state index contributed by atoms with van der Waals surface area (Å²) in [7, 11) is 0. The molecule has 1 heterocycles. The van der Waals surface area contributed by atoms with Crippen LogP contribution in [0.4, 0.5) is 4.79 Å². The maximum absolute atomic E-state index is 12.2. The van der Waals surface area contributed by atoms with Gasteiger partial charge in [0.1, 0.15) is 12.7 Å². The summed E-state index contributed by atoms with van der Waals surface area (Å²) in [6.45, 7) is 1.94. The van der Waals surface area contributed by atoms with Crippen molar-refractivity contribution < 1.29 is 29.2 Å². The minimum atomic E-state index is -1.44. The molecule has 34 heavy (non-hydrogen) atoms. The lowest BCUT2D eigenvalue weighted by atomic mass is 9.84. The Kier molecular flexibility index (Phi) is 9.34. The van der Waals surface area contributed by atoms with Gasteiger partial charge >= 0.3 is 6.09 Å². The standard InChI is InChI=1S/C21H29N7O6/c1-12(24-21(31)32-11-13-6-3-2-4-7-13)16-8-5-9-17(33-16)34-20-15(26-28-23)10-14(25-27-22)18(29)19(20)30/h2-4,6-7,12,14-20,29-30H,5,8-11H2,1H3,(H,24,31). The predicted octanol–water partition coefficient (Wildman–Crippen LogP) is 3.07. The van der Waals surface area contributed by atoms with E-state index in [1.807, 2.05) is 30.3 Å². The summed E-state index contributed by atoms with van der Waals surface area (Å²) in [4.78, 5) is 17.6. The van der Waals surface area contributed by atoms with Gasteiger partial charge in [0, 0.05) is 9.82 Å². The molecule has 13 nitrogen and oxygen atoms in total. The van der Waals surface area contributed by atoms with Crippen LogP contribution >= 0.6 is 0 Å². The van der Waals surface area contributed by atoms with Crippen molar-refractivity contribution in [2.24, 2.45) is 10.2 Å². The first-order valence-corrected chi connectivity index (χ1v) is 11.2. The monoisotopic (exact) mass is 475 g/mol. The van der Waals surface area contributed by atoms with Gasteiger partial charge in [0.05, 0.1) is 36.4 Å². The topological polar surface area (TPSA) is 195 Å². The molecule has 3 rings (SSSR count). The van der Waals surface area contributed by atoms with Crippen LogP contribution in [-0.4, -0.2) is 65.1 Å². The molecule has 0 bridgehead atoms. The molecule has 3 N–H and O–H groups in total. The third-order valence-corrected chi connectivity index (χ3v) is 6.02. The first-order chi connectivity index (χ1) is 16.4. The number of ether oxygens (including phenoxy) is 3. The molecule has 13 heteroatoms. The Bertz CT molecular complexity index is 908. The van der Waals surface area contributed by atoms with Crippen molar-refractivity contribution in [1.82, 2.24) is 5.32 Å². The maximum atomic E-state index is 12.2. The Labute approximate surface area is 196 Å². The minimum absolute atomic E-state index is 0.0262. The van der Waals surface area contributed by atoms with Crippen LogP contribution in [0.25, 0.3) is 20.9 Å². The lowest BCUT2D eigenvalue weighted by Gasteiger charge is -2.42. The average molecular weight is 476 g/mol. The molecule has 1 aromatic carbocycles. The zero-order valence-corrected chi connectivity index (χ0v) is 18.8. The van der Waals surface area contributed by atoms with Gasteiger partial charge in [0.2, 0.25) is 0 Å². The molecule has 1 saturated carbocycles. The number of aliphatic hydroxyl groups excluding tert-OH is 2. The summed E-state index contributed by atoms with van der Waals surface area (Å²) in [5.41, 5.74) is 18.4. The van der Waals surface area contributed by atoms with Crippen LogP contribution in [0, 0.1) is 0 Å². The Morgan fingerprint density at radius 2 is 1.88 bits per heavy atom. The van der Waals surface area contributed by atoms with Gasteiger partial charge in [0.15, 0.2) is 6.29 Å². The molecule has 8 atom stereocenters. The van der Waals surface area contributed by atoms with Gasteiger partial charge in [0.25, 0.3) is 0 Å². The van der Waals surface area contributed by atoms with Crippen LogP contribution < -0.4 is 5.32 Å². The van der Waals surface area contributed by atoms with E-state index in [1.165, 1.54) is 0 Å². The molecular formula is C21H29N7O6. The van der Waals surface area contributed by atoms with Crippen molar-refractivity contribution in [2.75, 3.05) is 0 Å². The summed E-state index contributed by atoms with van der Waals surface area (Å²) < 4.78 is 17.2. The minimum Gasteiger partial charge on any atom is -0.445 e. The fourth-order valence-corrected chi connectivity index (χ4v) is 4.21. The number of nitrogens with one attached hydrogen (secondary N) is 1. The van der Waals surface area contributed by atoms with Crippen molar-refractivity contribution in [2.45, 2.75) is 88.0 Å². The second-order valence-electron chi connectivity index (χ2n) is 8.39. The fourth-order valence-electron chi connectivity index (χ4n) is 4.21. The van der Waals surface area contributed by atoms with Crippen molar-refractivity contribution in [3.63, 3.8) is 0 Å². The van der Waals surface area contributed by atoms with Gasteiger partial charge in [-0.15, -0.1) is 0 Å². The second-order valence-corrected chi connectivity index (χ2v) is 8.39. The third kappa shape index (κ3) is 6.73. The van der Waals surface area contributed by atoms with Crippen LogP contribution in [0.5, 0.6) is 0 Å². The Morgan fingerprint density at radius 3 is 2.59 bits per heavy atom. The fraction of sp³-hybridized carbons (Fsp3) is 0.667. The number of benzene rings is 1. The Hall–Kier alpha value is -3.05. The van der Waals surface area contributed by atoms with Crippen LogP contribution in [0.15, 0.2) is 40.6 Å². The Balaban J connectivity index is 1.55. The molecule has 184 valence electrons. The number of alkyl carbamates (subject to hydrolysis) is 1. The predicted molar refractivity (Wildman–Crippen MR) is 119 cm³/mol. The molecule has 2 aliphatic rings. The van der Waals surface area contributed by atoms with E-state index in [0.717, 1.165) is 12.0 Å². The average Bonchev–Trinajstić information content (AvgIpc) is 2.84. The van der Waals surface area contributed by atoms with Crippen LogP contribution in [0.1, 0.15) is 38.2 Å². The number of carbonyl (C=O) groups excluding carboxylic acids is 1. The molecule has 1 aliphatic carbocycles. The molecule has 2 fully saturated rings. The van der Waals surface area contributed by atoms with E-state index < -0.39 is 42.8 Å². The number of amides is 1. The molecular weight excluding hydrogens is 446 g/mol. The first kappa shape index (κ1) is 25.6. The van der Waals surface area contributed by atoms with Gasteiger partial charge in [-0.1, -0.05) is 40.6 Å². The van der Waals surface area contributed by atoms with Crippen molar-refractivity contribution in [3.05, 3.63) is 56.8 Å². The molecule has 1 aromatic rings. The van der Waals surface area contributed by atoms with E-state index >= 15 is 0 Å². The molecule has 1 saturated heterocycles. The second kappa shape index (κ2) is 12.4. The van der Waals surface area contributed by atoms with Crippen LogP contribution in [0.3, 0.4) is 0 Å². The number of hydrogen-bond donors (Lipinski definition) is 3. The molecule has 8 unspecified atom stereocenters. The number of hydrogen-bond acceptors (Lipinski definition) is 8. The summed E-state index contributed by atoms with van der Waals surface area (Å²) in [5.74, 6) is 0. The highest BCUT2D eigenvalue weighted by Gasteiger charge is 2.45. The largest absolute Gasteiger partial charge is 0.445 e. The van der Waals surface area contributed by atoms with Gasteiger partial charge < -0.3 is 29.7 Å². The van der Waals surface area contributed by atoms with Gasteiger partial charge in [-0.05, 0) is 49.2 Å². The van der Waals surface area contributed by atoms with Gasteiger partial charge in [-0.3, -0.25) is 0 Å². The number of carbonyl (C=O) groups is 1. The first-order valence-electron chi connectivity index (χ1n) is 11.2. The highest BCUT2D eigenvalue weighted by molar-refractivity contribution is 5.67. The molecule has 0 radical (unpaired) electrons. The van der Waals surface area contributed by atoms with E-state index in [9.17, 15) is 15.0 Å². The number of rotatable bonds is 8. The summed E-state index contributed by atoms with van der Waals surface area (Å²) in [6.07, 6.45) is -3.58. The molecule has 0 aromatic heterocycles. The zero-order chi connectivity index (χ0) is 24.5. The van der Waals surface area contributed by atoms with Gasteiger partial charge in [-0.25, -0.2) is 4.79 Å². The number of nitrogens with zero attached hydrogens (tertiary/aromatic N) is 6. The SMILES string of the molecule is CC(NC(=O)OCc1ccccc1)C1CCCC(OC2C(N=[N+]=[N-])CC(N=[N+]=[N-])C(O)C2O)O1. The number of aliphatic hydroxyl groups is 2. The van der Waals surface area contributed by atoms with Crippen molar-refractivity contribution in [1.29, 1.82) is 0 Å². The van der Waals surface area contributed by atoms with Crippen LogP contribution in [0.2, 0.25) is 0 Å². The molecule has 1 aliphatic heterocycles. The zero-order valence-electron chi connectivity index (χ0n) is 18.8. The summed E-state index contributed by atoms with van der Waals surface area (Å²) in [6, 6.07) is 7.15. The van der Waals surface area contributed by atoms with E-state index in [0.29, 0.717) is 12.8 Å². The molecule has 1 amide bonds. The highest BCUT2D eigenvalue weighted by atomic mass is 16.7. The normalized spacial score (nSPS) is 31.9. The van der Waals surface area contributed by atoms with Crippen LogP contribution in [-0.2, 0) is 20.8 Å². The van der Waals surface area contributed by atoms with E-state index in [-0.39, 0.29) is 25.2 Å². The lowest BCUT2D eigenvalue weighted by Crippen LogP contribution is -2.57. The quantitative estimate of drug-likeness (QED) is 0.293. The Morgan fingerprint density at radius 1 is 1.18 bits per heavy atom. The van der Waals surface area contributed by atoms with E-state index in [2.05, 4.69) is 25.4 Å².